The van der Waals surface area contributed by atoms with Crippen molar-refractivity contribution in [1.29, 1.82) is 0 Å². The van der Waals surface area contributed by atoms with Gasteiger partial charge in [0.2, 0.25) is 0 Å². The maximum absolute atomic E-state index is 13.4. The van der Waals surface area contributed by atoms with Gasteiger partial charge in [0.15, 0.2) is 0 Å². The summed E-state index contributed by atoms with van der Waals surface area (Å²) >= 11 is 5.69. The zero-order valence-electron chi connectivity index (χ0n) is 12.0. The van der Waals surface area contributed by atoms with Gasteiger partial charge in [0.05, 0.1) is 5.02 Å². The maximum atomic E-state index is 13.4. The van der Waals surface area contributed by atoms with Crippen LogP contribution in [0.2, 0.25) is 5.02 Å². The largest absolute Gasteiger partial charge is 0.317 e. The maximum Gasteiger partial charge on any atom is 0.142 e. The second-order valence-electron chi connectivity index (χ2n) is 4.75. The van der Waals surface area contributed by atoms with Crippen LogP contribution in [0.15, 0.2) is 18.2 Å². The van der Waals surface area contributed by atoms with E-state index in [1.165, 1.54) is 6.07 Å². The quantitative estimate of drug-likeness (QED) is 0.788. The molecule has 0 aliphatic carbocycles. The normalized spacial score (nSPS) is 12.9. The Morgan fingerprint density at radius 3 is 2.53 bits per heavy atom. The Morgan fingerprint density at radius 1 is 1.32 bits per heavy atom. The first-order valence-corrected chi connectivity index (χ1v) is 7.32. The number of likely N-dealkylation sites (N-methyl/N-ethyl adjacent to an activating group) is 1. The Hall–Kier alpha value is -0.640. The summed E-state index contributed by atoms with van der Waals surface area (Å²) in [6.45, 7) is 7.55. The molecule has 1 aromatic rings. The molecule has 0 bridgehead atoms. The highest BCUT2D eigenvalue weighted by Crippen LogP contribution is 2.17. The molecular formula is C15H24ClFN2. The number of nitrogens with one attached hydrogen (secondary N) is 1. The molecule has 1 unspecified atom stereocenters. The Balaban J connectivity index is 2.53. The summed E-state index contributed by atoms with van der Waals surface area (Å²) < 4.78 is 13.4. The van der Waals surface area contributed by atoms with E-state index in [-0.39, 0.29) is 10.8 Å². The van der Waals surface area contributed by atoms with Gasteiger partial charge in [-0.3, -0.25) is 0 Å². The molecule has 0 fully saturated rings. The number of benzene rings is 1. The van der Waals surface area contributed by atoms with Crippen LogP contribution in [-0.2, 0) is 6.42 Å². The van der Waals surface area contributed by atoms with Crippen molar-refractivity contribution in [1.82, 2.24) is 10.2 Å². The zero-order chi connectivity index (χ0) is 14.3. The number of rotatable bonds is 8. The van der Waals surface area contributed by atoms with Gasteiger partial charge in [-0.2, -0.15) is 0 Å². The lowest BCUT2D eigenvalue weighted by Gasteiger charge is -2.22. The van der Waals surface area contributed by atoms with Gasteiger partial charge in [0.25, 0.3) is 0 Å². The van der Waals surface area contributed by atoms with Gasteiger partial charge in [0.1, 0.15) is 5.82 Å². The number of hydrogen-bond donors (Lipinski definition) is 1. The van der Waals surface area contributed by atoms with Crippen LogP contribution in [-0.4, -0.2) is 37.6 Å². The predicted molar refractivity (Wildman–Crippen MR) is 80.4 cm³/mol. The Labute approximate surface area is 120 Å². The van der Waals surface area contributed by atoms with Gasteiger partial charge in [-0.1, -0.05) is 31.5 Å². The summed E-state index contributed by atoms with van der Waals surface area (Å²) in [5.74, 6) is -0.335. The van der Waals surface area contributed by atoms with Crippen molar-refractivity contribution in [2.24, 2.45) is 0 Å². The second kappa shape index (κ2) is 8.51. The Kier molecular flexibility index (Phi) is 7.36. The molecule has 1 rings (SSSR count). The van der Waals surface area contributed by atoms with Crippen LogP contribution in [0.5, 0.6) is 0 Å². The molecule has 0 spiro atoms. The molecule has 0 amide bonds. The fourth-order valence-corrected chi connectivity index (χ4v) is 2.30. The third-order valence-corrected chi connectivity index (χ3v) is 3.87. The van der Waals surface area contributed by atoms with Gasteiger partial charge in [0, 0.05) is 6.04 Å². The second-order valence-corrected chi connectivity index (χ2v) is 5.16. The highest BCUT2D eigenvalue weighted by molar-refractivity contribution is 6.30. The molecule has 108 valence electrons. The molecule has 1 atom stereocenters. The average Bonchev–Trinajstić information content (AvgIpc) is 2.42. The minimum Gasteiger partial charge on any atom is -0.317 e. The smallest absolute Gasteiger partial charge is 0.142 e. The molecule has 19 heavy (non-hydrogen) atoms. The highest BCUT2D eigenvalue weighted by Gasteiger charge is 2.10. The lowest BCUT2D eigenvalue weighted by atomic mass is 10.0. The highest BCUT2D eigenvalue weighted by atomic mass is 35.5. The average molecular weight is 287 g/mol. The molecule has 1 aromatic carbocycles. The fourth-order valence-electron chi connectivity index (χ4n) is 2.18. The van der Waals surface area contributed by atoms with E-state index in [1.807, 2.05) is 13.1 Å². The van der Waals surface area contributed by atoms with E-state index in [9.17, 15) is 4.39 Å². The Bertz CT molecular complexity index is 380. The van der Waals surface area contributed by atoms with E-state index in [4.69, 9.17) is 11.6 Å². The van der Waals surface area contributed by atoms with E-state index in [0.29, 0.717) is 6.04 Å². The molecular weight excluding hydrogens is 263 g/mol. The van der Waals surface area contributed by atoms with Crippen molar-refractivity contribution in [2.45, 2.75) is 32.7 Å². The monoisotopic (exact) mass is 286 g/mol. The summed E-state index contributed by atoms with van der Waals surface area (Å²) in [5, 5.41) is 3.49. The van der Waals surface area contributed by atoms with Crippen molar-refractivity contribution in [3.05, 3.63) is 34.6 Å². The summed E-state index contributed by atoms with van der Waals surface area (Å²) in [6.07, 6.45) is 1.88. The fraction of sp³-hybridized carbons (Fsp3) is 0.600. The molecule has 2 nitrogen and oxygen atoms in total. The molecule has 0 radical (unpaired) electrons. The van der Waals surface area contributed by atoms with Crippen LogP contribution in [0, 0.1) is 5.82 Å². The van der Waals surface area contributed by atoms with Crippen LogP contribution in [0.3, 0.4) is 0 Å². The molecule has 0 aliphatic rings. The minimum absolute atomic E-state index is 0.188. The van der Waals surface area contributed by atoms with Crippen molar-refractivity contribution < 1.29 is 4.39 Å². The molecule has 4 heteroatoms. The van der Waals surface area contributed by atoms with Crippen LogP contribution in [0.25, 0.3) is 0 Å². The molecule has 0 saturated carbocycles. The SMILES string of the molecule is CCN(CC)CCC(Cc1ccc(Cl)c(F)c1)NC. The van der Waals surface area contributed by atoms with Crippen LogP contribution < -0.4 is 5.32 Å². The van der Waals surface area contributed by atoms with Crippen molar-refractivity contribution >= 4 is 11.6 Å². The third-order valence-electron chi connectivity index (χ3n) is 3.56. The van der Waals surface area contributed by atoms with Crippen molar-refractivity contribution in [2.75, 3.05) is 26.7 Å². The lowest BCUT2D eigenvalue weighted by molar-refractivity contribution is 0.283. The molecule has 0 aliphatic heterocycles. The standard InChI is InChI=1S/C15H24ClFN2/c1-4-19(5-2)9-8-13(18-3)10-12-6-7-14(16)15(17)11-12/h6-7,11,13,18H,4-5,8-10H2,1-3H3. The first-order valence-electron chi connectivity index (χ1n) is 6.94. The van der Waals surface area contributed by atoms with Crippen molar-refractivity contribution in [3.8, 4) is 0 Å². The van der Waals surface area contributed by atoms with E-state index in [0.717, 1.165) is 38.0 Å². The third kappa shape index (κ3) is 5.47. The van der Waals surface area contributed by atoms with E-state index >= 15 is 0 Å². The first kappa shape index (κ1) is 16.4. The summed E-state index contributed by atoms with van der Waals surface area (Å²) in [5.41, 5.74) is 0.987. The van der Waals surface area contributed by atoms with Gasteiger partial charge >= 0.3 is 0 Å². The lowest BCUT2D eigenvalue weighted by Crippen LogP contribution is -2.33. The zero-order valence-corrected chi connectivity index (χ0v) is 12.8. The van der Waals surface area contributed by atoms with Crippen LogP contribution >= 0.6 is 11.6 Å². The molecule has 0 aromatic heterocycles. The van der Waals surface area contributed by atoms with Gasteiger partial charge in [-0.05, 0) is 57.2 Å². The van der Waals surface area contributed by atoms with Gasteiger partial charge in [-0.25, -0.2) is 4.39 Å². The predicted octanol–water partition coefficient (Wildman–Crippen LogP) is 3.34. The van der Waals surface area contributed by atoms with E-state index in [1.54, 1.807) is 6.07 Å². The first-order chi connectivity index (χ1) is 9.10. The summed E-state index contributed by atoms with van der Waals surface area (Å²) in [4.78, 5) is 2.40. The van der Waals surface area contributed by atoms with Gasteiger partial charge < -0.3 is 10.2 Å². The number of hydrogen-bond acceptors (Lipinski definition) is 2. The molecule has 1 N–H and O–H groups in total. The number of nitrogens with zero attached hydrogens (tertiary/aromatic N) is 1. The molecule has 0 heterocycles. The van der Waals surface area contributed by atoms with Crippen LogP contribution in [0.4, 0.5) is 4.39 Å². The van der Waals surface area contributed by atoms with E-state index in [2.05, 4.69) is 24.1 Å². The van der Waals surface area contributed by atoms with Crippen molar-refractivity contribution in [3.63, 3.8) is 0 Å². The van der Waals surface area contributed by atoms with Crippen LogP contribution in [0.1, 0.15) is 25.8 Å². The van der Waals surface area contributed by atoms with Gasteiger partial charge in [-0.15, -0.1) is 0 Å². The minimum atomic E-state index is -0.335. The Morgan fingerprint density at radius 2 is 2.00 bits per heavy atom. The summed E-state index contributed by atoms with van der Waals surface area (Å²) in [6, 6.07) is 5.42. The summed E-state index contributed by atoms with van der Waals surface area (Å²) in [7, 11) is 1.96. The molecule has 0 saturated heterocycles. The van der Waals surface area contributed by atoms with E-state index < -0.39 is 0 Å². The number of halogens is 2. The topological polar surface area (TPSA) is 15.3 Å².